The number of carboxylic acids is 1. The molecule has 0 amide bonds. The first-order valence-corrected chi connectivity index (χ1v) is 5.18. The van der Waals surface area contributed by atoms with Crippen LogP contribution >= 0.6 is 0 Å². The quantitative estimate of drug-likeness (QED) is 0.697. The summed E-state index contributed by atoms with van der Waals surface area (Å²) in [6, 6.07) is 0.468. The normalized spacial score (nSPS) is 25.8. The van der Waals surface area contributed by atoms with E-state index in [9.17, 15) is 4.79 Å². The van der Waals surface area contributed by atoms with Gasteiger partial charge in [0.1, 0.15) is 0 Å². The molecule has 0 spiro atoms. The lowest BCUT2D eigenvalue weighted by Crippen LogP contribution is -2.56. The summed E-state index contributed by atoms with van der Waals surface area (Å²) >= 11 is 0. The third-order valence-electron chi connectivity index (χ3n) is 3.23. The Morgan fingerprint density at radius 2 is 2.21 bits per heavy atom. The molecule has 1 aliphatic heterocycles. The van der Waals surface area contributed by atoms with E-state index < -0.39 is 5.97 Å². The Kier molecular flexibility index (Phi) is 2.74. The molecule has 0 bridgehead atoms. The van der Waals surface area contributed by atoms with Crippen LogP contribution in [0.2, 0.25) is 0 Å². The maximum atomic E-state index is 10.6. The van der Waals surface area contributed by atoms with E-state index in [1.54, 1.807) is 7.11 Å². The minimum Gasteiger partial charge on any atom is -0.481 e. The third-order valence-corrected chi connectivity index (χ3v) is 3.23. The van der Waals surface area contributed by atoms with Crippen molar-refractivity contribution >= 4 is 5.97 Å². The Hall–Kier alpha value is -0.610. The molecule has 80 valence electrons. The SMILES string of the molecule is COCC(C1CC1)N1CC(C(=O)O)C1. The Labute approximate surface area is 83.8 Å². The average Bonchev–Trinajstić information content (AvgIpc) is 2.81. The highest BCUT2D eigenvalue weighted by Crippen LogP contribution is 2.37. The number of carboxylic acid groups (broad SMARTS) is 1. The van der Waals surface area contributed by atoms with E-state index in [0.29, 0.717) is 19.1 Å². The molecular formula is C10H17NO3. The van der Waals surface area contributed by atoms with Crippen LogP contribution < -0.4 is 0 Å². The summed E-state index contributed by atoms with van der Waals surface area (Å²) < 4.78 is 5.17. The predicted molar refractivity (Wildman–Crippen MR) is 51.1 cm³/mol. The first kappa shape index (κ1) is 9.93. The summed E-state index contributed by atoms with van der Waals surface area (Å²) in [6.45, 7) is 2.16. The molecule has 1 saturated heterocycles. The fraction of sp³-hybridized carbons (Fsp3) is 0.900. The van der Waals surface area contributed by atoms with Crippen molar-refractivity contribution in [1.82, 2.24) is 4.90 Å². The number of nitrogens with zero attached hydrogens (tertiary/aromatic N) is 1. The van der Waals surface area contributed by atoms with Crippen molar-refractivity contribution in [2.24, 2.45) is 11.8 Å². The molecule has 4 heteroatoms. The summed E-state index contributed by atoms with van der Waals surface area (Å²) in [5.74, 6) is -0.0500. The average molecular weight is 199 g/mol. The van der Waals surface area contributed by atoms with Crippen molar-refractivity contribution in [2.75, 3.05) is 26.8 Å². The van der Waals surface area contributed by atoms with Gasteiger partial charge in [0.2, 0.25) is 0 Å². The molecular weight excluding hydrogens is 182 g/mol. The molecule has 4 nitrogen and oxygen atoms in total. The summed E-state index contributed by atoms with van der Waals surface area (Å²) in [7, 11) is 1.71. The van der Waals surface area contributed by atoms with Gasteiger partial charge in [-0.3, -0.25) is 9.69 Å². The summed E-state index contributed by atoms with van der Waals surface area (Å²) in [6.07, 6.45) is 2.56. The lowest BCUT2D eigenvalue weighted by Gasteiger charge is -2.42. The van der Waals surface area contributed by atoms with Crippen LogP contribution in [-0.2, 0) is 9.53 Å². The molecule has 1 heterocycles. The van der Waals surface area contributed by atoms with Gasteiger partial charge in [0.25, 0.3) is 0 Å². The second-order valence-electron chi connectivity index (χ2n) is 4.35. The molecule has 1 N–H and O–H groups in total. The summed E-state index contributed by atoms with van der Waals surface area (Å²) in [5.41, 5.74) is 0. The van der Waals surface area contributed by atoms with Crippen LogP contribution in [0, 0.1) is 11.8 Å². The molecule has 2 aliphatic rings. The van der Waals surface area contributed by atoms with Crippen LogP contribution in [-0.4, -0.2) is 48.8 Å². The van der Waals surface area contributed by atoms with Crippen LogP contribution in [0.3, 0.4) is 0 Å². The van der Waals surface area contributed by atoms with Crippen molar-refractivity contribution in [3.8, 4) is 0 Å². The number of hydrogen-bond acceptors (Lipinski definition) is 3. The molecule has 1 unspecified atom stereocenters. The van der Waals surface area contributed by atoms with Crippen LogP contribution in [0.4, 0.5) is 0 Å². The fourth-order valence-corrected chi connectivity index (χ4v) is 2.13. The topological polar surface area (TPSA) is 49.8 Å². The van der Waals surface area contributed by atoms with Gasteiger partial charge in [0.05, 0.1) is 12.5 Å². The molecule has 0 aromatic carbocycles. The summed E-state index contributed by atoms with van der Waals surface area (Å²) in [4.78, 5) is 12.9. The Morgan fingerprint density at radius 3 is 2.64 bits per heavy atom. The van der Waals surface area contributed by atoms with Gasteiger partial charge in [-0.1, -0.05) is 0 Å². The first-order chi connectivity index (χ1) is 6.72. The lowest BCUT2D eigenvalue weighted by atomic mass is 9.96. The first-order valence-electron chi connectivity index (χ1n) is 5.18. The van der Waals surface area contributed by atoms with Gasteiger partial charge in [-0.05, 0) is 18.8 Å². The minimum absolute atomic E-state index is 0.145. The van der Waals surface area contributed by atoms with Crippen molar-refractivity contribution < 1.29 is 14.6 Å². The Morgan fingerprint density at radius 1 is 1.57 bits per heavy atom. The second-order valence-corrected chi connectivity index (χ2v) is 4.35. The number of methoxy groups -OCH3 is 1. The largest absolute Gasteiger partial charge is 0.481 e. The number of likely N-dealkylation sites (tertiary alicyclic amines) is 1. The predicted octanol–water partition coefficient (Wildman–Crippen LogP) is 0.428. The molecule has 1 saturated carbocycles. The smallest absolute Gasteiger partial charge is 0.309 e. The van der Waals surface area contributed by atoms with Crippen LogP contribution in [0.15, 0.2) is 0 Å². The third kappa shape index (κ3) is 1.91. The standard InChI is InChI=1S/C10H17NO3/c1-14-6-9(7-2-3-7)11-4-8(5-11)10(12)13/h7-9H,2-6H2,1H3,(H,12,13). The van der Waals surface area contributed by atoms with Crippen LogP contribution in [0.25, 0.3) is 0 Å². The number of ether oxygens (including phenoxy) is 1. The maximum absolute atomic E-state index is 10.6. The van der Waals surface area contributed by atoms with Gasteiger partial charge < -0.3 is 9.84 Å². The van der Waals surface area contributed by atoms with E-state index in [0.717, 1.165) is 12.5 Å². The van der Waals surface area contributed by atoms with Crippen LogP contribution in [0.5, 0.6) is 0 Å². The van der Waals surface area contributed by atoms with Gasteiger partial charge in [-0.2, -0.15) is 0 Å². The van der Waals surface area contributed by atoms with E-state index >= 15 is 0 Å². The fourth-order valence-electron chi connectivity index (χ4n) is 2.13. The Bertz CT molecular complexity index is 221. The molecule has 2 rings (SSSR count). The molecule has 1 atom stereocenters. The second kappa shape index (κ2) is 3.87. The summed E-state index contributed by atoms with van der Waals surface area (Å²) in [5, 5.41) is 8.76. The van der Waals surface area contributed by atoms with Crippen molar-refractivity contribution in [2.45, 2.75) is 18.9 Å². The van der Waals surface area contributed by atoms with Crippen molar-refractivity contribution in [3.05, 3.63) is 0 Å². The molecule has 2 fully saturated rings. The van der Waals surface area contributed by atoms with Crippen LogP contribution in [0.1, 0.15) is 12.8 Å². The van der Waals surface area contributed by atoms with E-state index in [-0.39, 0.29) is 5.92 Å². The van der Waals surface area contributed by atoms with Gasteiger partial charge in [0, 0.05) is 26.2 Å². The van der Waals surface area contributed by atoms with Gasteiger partial charge in [0.15, 0.2) is 0 Å². The van der Waals surface area contributed by atoms with Crippen molar-refractivity contribution in [3.63, 3.8) is 0 Å². The van der Waals surface area contributed by atoms with Gasteiger partial charge in [-0.25, -0.2) is 0 Å². The van der Waals surface area contributed by atoms with E-state index in [2.05, 4.69) is 4.90 Å². The zero-order chi connectivity index (χ0) is 10.1. The molecule has 1 aliphatic carbocycles. The zero-order valence-electron chi connectivity index (χ0n) is 8.48. The van der Waals surface area contributed by atoms with E-state index in [1.807, 2.05) is 0 Å². The molecule has 14 heavy (non-hydrogen) atoms. The number of hydrogen-bond donors (Lipinski definition) is 1. The number of aliphatic carboxylic acids is 1. The lowest BCUT2D eigenvalue weighted by molar-refractivity contribution is -0.149. The van der Waals surface area contributed by atoms with Gasteiger partial charge >= 0.3 is 5.97 Å². The highest BCUT2D eigenvalue weighted by Gasteiger charge is 2.42. The number of rotatable bonds is 5. The van der Waals surface area contributed by atoms with Crippen molar-refractivity contribution in [1.29, 1.82) is 0 Å². The van der Waals surface area contributed by atoms with Gasteiger partial charge in [-0.15, -0.1) is 0 Å². The van der Waals surface area contributed by atoms with E-state index in [1.165, 1.54) is 12.8 Å². The minimum atomic E-state index is -0.659. The monoisotopic (exact) mass is 199 g/mol. The van der Waals surface area contributed by atoms with E-state index in [4.69, 9.17) is 9.84 Å². The highest BCUT2D eigenvalue weighted by atomic mass is 16.5. The molecule has 0 aromatic rings. The maximum Gasteiger partial charge on any atom is 0.309 e. The zero-order valence-corrected chi connectivity index (χ0v) is 8.48. The highest BCUT2D eigenvalue weighted by molar-refractivity contribution is 5.71. The molecule has 0 aromatic heterocycles. The Balaban J connectivity index is 1.80. The number of carbonyl (C=O) groups is 1. The molecule has 0 radical (unpaired) electrons.